The third kappa shape index (κ3) is 4.72. The normalized spacial score (nSPS) is 10.9. The summed E-state index contributed by atoms with van der Waals surface area (Å²) in [5.74, 6) is 3.06. The fourth-order valence-electron chi connectivity index (χ4n) is 1.87. The molecular formula is C13H24N4S. The first kappa shape index (κ1) is 15.1. The molecule has 18 heavy (non-hydrogen) atoms. The van der Waals surface area contributed by atoms with Crippen LogP contribution in [0.2, 0.25) is 0 Å². The zero-order chi connectivity index (χ0) is 13.4. The van der Waals surface area contributed by atoms with E-state index < -0.39 is 0 Å². The van der Waals surface area contributed by atoms with E-state index in [1.54, 1.807) is 0 Å². The van der Waals surface area contributed by atoms with E-state index in [4.69, 9.17) is 5.73 Å². The van der Waals surface area contributed by atoms with E-state index >= 15 is 0 Å². The van der Waals surface area contributed by atoms with Crippen LogP contribution in [0.4, 0.5) is 11.6 Å². The molecule has 0 radical (unpaired) electrons. The lowest BCUT2D eigenvalue weighted by molar-refractivity contribution is 0.745. The molecule has 1 aromatic rings. The van der Waals surface area contributed by atoms with Crippen LogP contribution in [0.5, 0.6) is 0 Å². The monoisotopic (exact) mass is 268 g/mol. The predicted octanol–water partition coefficient (Wildman–Crippen LogP) is 3.13. The van der Waals surface area contributed by atoms with Gasteiger partial charge in [-0.3, -0.25) is 0 Å². The maximum Gasteiger partial charge on any atom is 0.134 e. The Morgan fingerprint density at radius 1 is 1.28 bits per heavy atom. The molecule has 4 nitrogen and oxygen atoms in total. The van der Waals surface area contributed by atoms with Gasteiger partial charge in [0.15, 0.2) is 0 Å². The van der Waals surface area contributed by atoms with E-state index in [1.807, 2.05) is 11.8 Å². The molecule has 3 N–H and O–H groups in total. The Morgan fingerprint density at radius 2 is 2.06 bits per heavy atom. The molecule has 1 rings (SSSR count). The van der Waals surface area contributed by atoms with Crippen LogP contribution in [-0.4, -0.2) is 28.5 Å². The SMILES string of the molecule is CSCCCCCNc1ncnc(N)c1C(C)C. The Bertz CT molecular complexity index is 355. The topological polar surface area (TPSA) is 63.8 Å². The number of thioether (sulfide) groups is 1. The summed E-state index contributed by atoms with van der Waals surface area (Å²) in [6.45, 7) is 5.17. The Morgan fingerprint density at radius 3 is 2.72 bits per heavy atom. The van der Waals surface area contributed by atoms with Crippen molar-refractivity contribution in [2.45, 2.75) is 39.0 Å². The first-order valence-electron chi connectivity index (χ1n) is 6.50. The molecule has 0 aliphatic carbocycles. The number of nitrogens with one attached hydrogen (secondary N) is 1. The quantitative estimate of drug-likeness (QED) is 0.709. The lowest BCUT2D eigenvalue weighted by Gasteiger charge is -2.14. The smallest absolute Gasteiger partial charge is 0.134 e. The van der Waals surface area contributed by atoms with Gasteiger partial charge in [0.25, 0.3) is 0 Å². The summed E-state index contributed by atoms with van der Waals surface area (Å²) in [4.78, 5) is 8.34. The van der Waals surface area contributed by atoms with Gasteiger partial charge in [0, 0.05) is 12.1 Å². The molecule has 0 amide bonds. The molecule has 0 aromatic carbocycles. The molecule has 0 aliphatic rings. The Kier molecular flexibility index (Phi) is 6.86. The zero-order valence-electron chi connectivity index (χ0n) is 11.6. The van der Waals surface area contributed by atoms with Gasteiger partial charge in [-0.15, -0.1) is 0 Å². The minimum Gasteiger partial charge on any atom is -0.383 e. The van der Waals surface area contributed by atoms with Gasteiger partial charge >= 0.3 is 0 Å². The van der Waals surface area contributed by atoms with Crippen molar-refractivity contribution in [2.75, 3.05) is 29.6 Å². The average molecular weight is 268 g/mol. The molecule has 0 spiro atoms. The highest BCUT2D eigenvalue weighted by molar-refractivity contribution is 7.98. The number of nitrogens with zero attached hydrogens (tertiary/aromatic N) is 2. The minimum absolute atomic E-state index is 0.338. The second kappa shape index (κ2) is 8.19. The number of hydrogen-bond acceptors (Lipinski definition) is 5. The van der Waals surface area contributed by atoms with Gasteiger partial charge in [0.05, 0.1) is 0 Å². The van der Waals surface area contributed by atoms with Crippen molar-refractivity contribution in [2.24, 2.45) is 0 Å². The Hall–Kier alpha value is -0.970. The summed E-state index contributed by atoms with van der Waals surface area (Å²) >= 11 is 1.91. The van der Waals surface area contributed by atoms with Gasteiger partial charge in [0.1, 0.15) is 18.0 Å². The van der Waals surface area contributed by atoms with Crippen LogP contribution >= 0.6 is 11.8 Å². The van der Waals surface area contributed by atoms with Crippen molar-refractivity contribution >= 4 is 23.4 Å². The van der Waals surface area contributed by atoms with Gasteiger partial charge in [0.2, 0.25) is 0 Å². The first-order valence-corrected chi connectivity index (χ1v) is 7.89. The summed E-state index contributed by atoms with van der Waals surface area (Å²) < 4.78 is 0. The lowest BCUT2D eigenvalue weighted by atomic mass is 10.0. The summed E-state index contributed by atoms with van der Waals surface area (Å²) in [6, 6.07) is 0. The second-order valence-corrected chi connectivity index (χ2v) is 5.64. The number of nitrogen functional groups attached to an aromatic ring is 1. The van der Waals surface area contributed by atoms with Gasteiger partial charge in [-0.05, 0) is 30.8 Å². The third-order valence-electron chi connectivity index (χ3n) is 2.81. The number of hydrogen-bond donors (Lipinski definition) is 2. The average Bonchev–Trinajstić information content (AvgIpc) is 2.33. The van der Waals surface area contributed by atoms with Gasteiger partial charge in [-0.1, -0.05) is 20.3 Å². The molecule has 0 aliphatic heterocycles. The predicted molar refractivity (Wildman–Crippen MR) is 81.3 cm³/mol. The van der Waals surface area contributed by atoms with Crippen molar-refractivity contribution < 1.29 is 0 Å². The maximum absolute atomic E-state index is 5.90. The van der Waals surface area contributed by atoms with Crippen LogP contribution in [0, 0.1) is 0 Å². The molecule has 0 bridgehead atoms. The molecule has 0 saturated carbocycles. The molecule has 0 atom stereocenters. The van der Waals surface area contributed by atoms with E-state index in [0.29, 0.717) is 11.7 Å². The highest BCUT2D eigenvalue weighted by atomic mass is 32.2. The summed E-state index contributed by atoms with van der Waals surface area (Å²) in [5, 5.41) is 3.37. The molecule has 1 aromatic heterocycles. The first-order chi connectivity index (χ1) is 8.66. The minimum atomic E-state index is 0.338. The van der Waals surface area contributed by atoms with Crippen LogP contribution < -0.4 is 11.1 Å². The Labute approximate surface area is 114 Å². The van der Waals surface area contributed by atoms with Crippen LogP contribution in [0.25, 0.3) is 0 Å². The maximum atomic E-state index is 5.90. The fourth-order valence-corrected chi connectivity index (χ4v) is 2.37. The molecule has 5 heteroatoms. The van der Waals surface area contributed by atoms with E-state index in [9.17, 15) is 0 Å². The van der Waals surface area contributed by atoms with Gasteiger partial charge in [-0.25, -0.2) is 9.97 Å². The van der Waals surface area contributed by atoms with Crippen LogP contribution in [0.15, 0.2) is 6.33 Å². The molecule has 1 heterocycles. The molecule has 0 saturated heterocycles. The molecular weight excluding hydrogens is 244 g/mol. The van der Waals surface area contributed by atoms with Crippen molar-refractivity contribution in [1.29, 1.82) is 0 Å². The third-order valence-corrected chi connectivity index (χ3v) is 3.51. The number of anilines is 2. The summed E-state index contributed by atoms with van der Waals surface area (Å²) in [7, 11) is 0. The van der Waals surface area contributed by atoms with Crippen LogP contribution in [-0.2, 0) is 0 Å². The van der Waals surface area contributed by atoms with E-state index in [2.05, 4.69) is 35.4 Å². The Balaban J connectivity index is 2.44. The van der Waals surface area contributed by atoms with E-state index in [1.165, 1.54) is 31.3 Å². The highest BCUT2D eigenvalue weighted by Crippen LogP contribution is 2.26. The lowest BCUT2D eigenvalue weighted by Crippen LogP contribution is -2.10. The number of unbranched alkanes of at least 4 members (excludes halogenated alkanes) is 2. The standard InChI is InChI=1S/C13H24N4S/c1-10(2)11-12(14)16-9-17-13(11)15-7-5-4-6-8-18-3/h9-10H,4-8H2,1-3H3,(H3,14,15,16,17). The number of rotatable bonds is 8. The van der Waals surface area contributed by atoms with E-state index in [0.717, 1.165) is 17.9 Å². The molecule has 102 valence electrons. The van der Waals surface area contributed by atoms with Crippen molar-refractivity contribution in [3.05, 3.63) is 11.9 Å². The zero-order valence-corrected chi connectivity index (χ0v) is 12.4. The summed E-state index contributed by atoms with van der Waals surface area (Å²) in [5.41, 5.74) is 6.93. The largest absolute Gasteiger partial charge is 0.383 e. The van der Waals surface area contributed by atoms with Gasteiger partial charge in [-0.2, -0.15) is 11.8 Å². The van der Waals surface area contributed by atoms with Crippen molar-refractivity contribution in [3.63, 3.8) is 0 Å². The second-order valence-electron chi connectivity index (χ2n) is 4.66. The van der Waals surface area contributed by atoms with Crippen molar-refractivity contribution in [1.82, 2.24) is 9.97 Å². The van der Waals surface area contributed by atoms with Crippen molar-refractivity contribution in [3.8, 4) is 0 Å². The molecule has 0 unspecified atom stereocenters. The molecule has 0 fully saturated rings. The number of nitrogens with two attached hydrogens (primary N) is 1. The van der Waals surface area contributed by atoms with Crippen LogP contribution in [0.3, 0.4) is 0 Å². The fraction of sp³-hybridized carbons (Fsp3) is 0.692. The number of aromatic nitrogens is 2. The van der Waals surface area contributed by atoms with Gasteiger partial charge < -0.3 is 11.1 Å². The van der Waals surface area contributed by atoms with E-state index in [-0.39, 0.29) is 0 Å². The summed E-state index contributed by atoms with van der Waals surface area (Å²) in [6.07, 6.45) is 7.38. The van der Waals surface area contributed by atoms with Crippen LogP contribution in [0.1, 0.15) is 44.6 Å². The highest BCUT2D eigenvalue weighted by Gasteiger charge is 2.12.